The van der Waals surface area contributed by atoms with Gasteiger partial charge in [0.15, 0.2) is 0 Å². The number of hydrogen-bond donors (Lipinski definition) is 7. The molecule has 23 N–H and O–H groups in total. The first-order valence-corrected chi connectivity index (χ1v) is 8.07. The number of rotatable bonds is 6. The molecule has 25 heteroatoms. The van der Waals surface area contributed by atoms with Crippen LogP contribution < -0.4 is 88.7 Å². The normalized spacial score (nSPS) is 22.9. The van der Waals surface area contributed by atoms with Crippen LogP contribution in [0.5, 0.6) is 0 Å². The fourth-order valence-corrected chi connectivity index (χ4v) is 2.17. The van der Waals surface area contributed by atoms with Gasteiger partial charge in [-0.25, -0.2) is 9.13 Å². The van der Waals surface area contributed by atoms with Crippen LogP contribution in [0.3, 0.4) is 0 Å². The summed E-state index contributed by atoms with van der Waals surface area (Å²) in [6.07, 6.45) is -5.38. The summed E-state index contributed by atoms with van der Waals surface area (Å²) in [6, 6.07) is 0. The third kappa shape index (κ3) is 25.6. The van der Waals surface area contributed by atoms with E-state index in [0.717, 1.165) is 0 Å². The summed E-state index contributed by atoms with van der Waals surface area (Å²) in [5.41, 5.74) is 0. The molecule has 0 amide bonds. The van der Waals surface area contributed by atoms with Crippen molar-refractivity contribution in [2.24, 2.45) is 0 Å². The zero-order valence-electron chi connectivity index (χ0n) is 16.7. The molecule has 1 aliphatic heterocycles. The standard InChI is InChI=1S/C6H14O12P2.3Na.8H2O/c7-4-3(1-16-19(10,11)12)18-6(9,5(4)8)2-17-20(13,14)15;;;;;;;;;;;/h3-5,7-9H,1-2H2,(H2,10,11,12)(H2,13,14,15);;;;8*1H2/q;3*+1;;;;;;;;/t3-,4-,5+,6-;;;;;;;;;;;/m1.........../s1. The molecule has 1 rings (SSSR count). The van der Waals surface area contributed by atoms with Crippen molar-refractivity contribution in [2.75, 3.05) is 13.2 Å². The maximum Gasteiger partial charge on any atom is 1.00 e. The second-order valence-electron chi connectivity index (χ2n) is 3.99. The van der Waals surface area contributed by atoms with Crippen molar-refractivity contribution in [3.8, 4) is 0 Å². The van der Waals surface area contributed by atoms with Gasteiger partial charge < -0.3 is 83.4 Å². The van der Waals surface area contributed by atoms with Crippen LogP contribution in [-0.2, 0) is 22.9 Å². The van der Waals surface area contributed by atoms with E-state index in [1.54, 1.807) is 0 Å². The van der Waals surface area contributed by atoms with E-state index >= 15 is 0 Å². The Morgan fingerprint density at radius 1 is 0.742 bits per heavy atom. The fraction of sp³-hybridized carbons (Fsp3) is 1.00. The molecule has 0 saturated carbocycles. The van der Waals surface area contributed by atoms with Crippen LogP contribution in [0.15, 0.2) is 0 Å². The van der Waals surface area contributed by atoms with Gasteiger partial charge >= 0.3 is 104 Å². The van der Waals surface area contributed by atoms with Crippen molar-refractivity contribution >= 4 is 15.6 Å². The number of aliphatic hydroxyl groups is 3. The zero-order valence-corrected chi connectivity index (χ0v) is 24.5. The minimum Gasteiger partial charge on any atom is -0.412 e. The summed E-state index contributed by atoms with van der Waals surface area (Å²) < 4.78 is 33.6. The van der Waals surface area contributed by atoms with Gasteiger partial charge in [-0.3, -0.25) is 9.05 Å². The number of aliphatic hydroxyl groups excluding tert-OH is 2. The minimum absolute atomic E-state index is 0. The first-order chi connectivity index (χ1) is 8.84. The fourth-order valence-electron chi connectivity index (χ4n) is 1.47. The molecule has 0 unspecified atom stereocenters. The van der Waals surface area contributed by atoms with Crippen molar-refractivity contribution in [1.29, 1.82) is 0 Å². The Balaban J connectivity index is -0.0000000404. The first-order valence-electron chi connectivity index (χ1n) is 5.00. The smallest absolute Gasteiger partial charge is 0.412 e. The number of hydrogen-bond acceptors (Lipinski definition) is 8. The van der Waals surface area contributed by atoms with E-state index < -0.39 is 53.0 Å². The molecular weight excluding hydrogens is 523 g/mol. The molecule has 1 fully saturated rings. The molecule has 31 heavy (non-hydrogen) atoms. The van der Waals surface area contributed by atoms with Crippen molar-refractivity contribution in [2.45, 2.75) is 24.1 Å². The summed E-state index contributed by atoms with van der Waals surface area (Å²) in [4.78, 5) is 33.9. The van der Waals surface area contributed by atoms with Crippen molar-refractivity contribution in [3.05, 3.63) is 0 Å². The third-order valence-corrected chi connectivity index (χ3v) is 3.32. The van der Waals surface area contributed by atoms with Crippen LogP contribution >= 0.6 is 15.6 Å². The maximum absolute atomic E-state index is 10.5. The summed E-state index contributed by atoms with van der Waals surface area (Å²) in [5.74, 6) is -2.66. The van der Waals surface area contributed by atoms with Crippen LogP contribution in [-0.4, -0.2) is 116 Å². The Hall–Kier alpha value is 2.74. The molecule has 20 nitrogen and oxygen atoms in total. The van der Waals surface area contributed by atoms with E-state index in [-0.39, 0.29) is 132 Å². The van der Waals surface area contributed by atoms with Crippen molar-refractivity contribution in [1.82, 2.24) is 0 Å². The largest absolute Gasteiger partial charge is 1.00 e. The zero-order chi connectivity index (χ0) is 15.8. The monoisotopic (exact) mass is 553 g/mol. The van der Waals surface area contributed by atoms with Gasteiger partial charge in [0.25, 0.3) is 0 Å². The van der Waals surface area contributed by atoms with E-state index in [4.69, 9.17) is 19.6 Å². The van der Waals surface area contributed by atoms with Crippen molar-refractivity contribution in [3.63, 3.8) is 0 Å². The minimum atomic E-state index is -4.96. The van der Waals surface area contributed by atoms with Gasteiger partial charge in [0, 0.05) is 0 Å². The van der Waals surface area contributed by atoms with Gasteiger partial charge in [0.05, 0.1) is 6.61 Å². The van der Waals surface area contributed by atoms with E-state index in [9.17, 15) is 24.4 Å². The predicted octanol–water partition coefficient (Wildman–Crippen LogP) is -18.6. The third-order valence-electron chi connectivity index (χ3n) is 2.37. The van der Waals surface area contributed by atoms with Gasteiger partial charge in [0.1, 0.15) is 24.9 Å². The quantitative estimate of drug-likeness (QED) is 0.119. The van der Waals surface area contributed by atoms with Gasteiger partial charge in [-0.05, 0) is 0 Å². The number of ether oxygens (including phenoxy) is 1. The molecule has 0 bridgehead atoms. The first kappa shape index (κ1) is 69.9. The summed E-state index contributed by atoms with van der Waals surface area (Å²) in [5, 5.41) is 28.8. The predicted molar refractivity (Wildman–Crippen MR) is 86.7 cm³/mol. The molecule has 0 radical (unpaired) electrons. The van der Waals surface area contributed by atoms with Crippen LogP contribution in [0.1, 0.15) is 0 Å². The molecule has 4 atom stereocenters. The molecule has 0 aliphatic carbocycles. The summed E-state index contributed by atoms with van der Waals surface area (Å²) >= 11 is 0. The molecule has 1 heterocycles. The molecule has 0 aromatic rings. The molecule has 0 spiro atoms. The average molecular weight is 553 g/mol. The van der Waals surface area contributed by atoms with Gasteiger partial charge in [-0.2, -0.15) is 0 Å². The number of phosphoric acid groups is 2. The van der Waals surface area contributed by atoms with Crippen molar-refractivity contribution < 1.29 is 190 Å². The molecule has 1 saturated heterocycles. The summed E-state index contributed by atoms with van der Waals surface area (Å²) in [7, 11) is -9.82. The Bertz CT molecular complexity index is 447. The second kappa shape index (κ2) is 27.3. The Labute approximate surface area is 241 Å². The van der Waals surface area contributed by atoms with E-state index in [1.165, 1.54) is 0 Å². The van der Waals surface area contributed by atoms with E-state index in [2.05, 4.69) is 13.8 Å². The van der Waals surface area contributed by atoms with Gasteiger partial charge in [-0.1, -0.05) is 0 Å². The molecular formula is C6H30Na3O20P2+3. The number of phosphoric ester groups is 2. The van der Waals surface area contributed by atoms with Gasteiger partial charge in [-0.15, -0.1) is 0 Å². The topological polar surface area (TPSA) is 455 Å². The molecule has 0 aromatic carbocycles. The SMILES string of the molecule is O.O.O.O.O.O.O.O.O=P(O)(O)OC[C@H]1O[C@](O)(COP(=O)(O)O)[C@@H](O)[C@@H]1O.[Na+].[Na+].[Na+]. The Morgan fingerprint density at radius 3 is 1.35 bits per heavy atom. The molecule has 184 valence electrons. The van der Waals surface area contributed by atoms with Crippen LogP contribution in [0.25, 0.3) is 0 Å². The molecule has 0 aromatic heterocycles. The maximum atomic E-state index is 10.5. The second-order valence-corrected chi connectivity index (χ2v) is 6.47. The van der Waals surface area contributed by atoms with E-state index in [1.807, 2.05) is 0 Å². The Morgan fingerprint density at radius 2 is 1.06 bits per heavy atom. The average Bonchev–Trinajstić information content (AvgIpc) is 2.48. The van der Waals surface area contributed by atoms with Crippen LogP contribution in [0.2, 0.25) is 0 Å². The van der Waals surface area contributed by atoms with Crippen LogP contribution in [0, 0.1) is 0 Å². The molecule has 1 aliphatic rings. The Kier molecular flexibility index (Phi) is 61.7. The van der Waals surface area contributed by atoms with Gasteiger partial charge in [0.2, 0.25) is 5.79 Å². The van der Waals surface area contributed by atoms with E-state index in [0.29, 0.717) is 0 Å². The summed E-state index contributed by atoms with van der Waals surface area (Å²) in [6.45, 7) is -2.05. The van der Waals surface area contributed by atoms with Crippen LogP contribution in [0.4, 0.5) is 0 Å².